The van der Waals surface area contributed by atoms with Crippen LogP contribution < -0.4 is 15.5 Å². The molecule has 0 atom stereocenters. The number of piperidine rings is 1. The van der Waals surface area contributed by atoms with Crippen LogP contribution in [0.15, 0.2) is 34.9 Å². The third-order valence-electron chi connectivity index (χ3n) is 4.94. The van der Waals surface area contributed by atoms with E-state index in [9.17, 15) is 4.79 Å². The molecule has 2 N–H and O–H groups in total. The lowest BCUT2D eigenvalue weighted by atomic mass is 9.98. The van der Waals surface area contributed by atoms with Crippen LogP contribution in [0, 0.1) is 0 Å². The summed E-state index contributed by atoms with van der Waals surface area (Å²) in [5, 5.41) is 6.20. The molecule has 0 spiro atoms. The molecule has 0 aliphatic carbocycles. The zero-order chi connectivity index (χ0) is 17.8. The zero-order valence-electron chi connectivity index (χ0n) is 14.7. The summed E-state index contributed by atoms with van der Waals surface area (Å²) < 4.78 is 10.9. The number of rotatable bonds is 4. The molecular formula is C19H24N4O3. The van der Waals surface area contributed by atoms with Crippen LogP contribution in [-0.4, -0.2) is 50.3 Å². The minimum Gasteiger partial charge on any atom is -0.448 e. The van der Waals surface area contributed by atoms with Crippen molar-refractivity contribution in [1.82, 2.24) is 10.3 Å². The molecule has 0 bridgehead atoms. The largest absolute Gasteiger partial charge is 0.448 e. The second-order valence-electron chi connectivity index (χ2n) is 6.70. The second-order valence-corrected chi connectivity index (χ2v) is 6.70. The maximum Gasteiger partial charge on any atom is 0.277 e. The van der Waals surface area contributed by atoms with Crippen molar-refractivity contribution in [2.75, 3.05) is 49.6 Å². The van der Waals surface area contributed by atoms with Crippen molar-refractivity contribution in [3.05, 3.63) is 42.1 Å². The molecule has 3 heterocycles. The first kappa shape index (κ1) is 17.1. The van der Waals surface area contributed by atoms with Gasteiger partial charge >= 0.3 is 0 Å². The molecule has 2 saturated heterocycles. The topological polar surface area (TPSA) is 79.6 Å². The van der Waals surface area contributed by atoms with Gasteiger partial charge in [-0.3, -0.25) is 4.79 Å². The number of ether oxygens (including phenoxy) is 1. The van der Waals surface area contributed by atoms with Crippen molar-refractivity contribution in [3.63, 3.8) is 0 Å². The van der Waals surface area contributed by atoms with E-state index in [2.05, 4.69) is 20.5 Å². The molecule has 2 fully saturated rings. The Labute approximate surface area is 152 Å². The van der Waals surface area contributed by atoms with E-state index >= 15 is 0 Å². The van der Waals surface area contributed by atoms with Crippen LogP contribution >= 0.6 is 0 Å². The molecule has 2 aliphatic heterocycles. The number of aromatic nitrogens is 1. The Morgan fingerprint density at radius 1 is 1.15 bits per heavy atom. The number of hydrogen-bond donors (Lipinski definition) is 2. The smallest absolute Gasteiger partial charge is 0.277 e. The van der Waals surface area contributed by atoms with Gasteiger partial charge in [-0.15, -0.1) is 0 Å². The lowest BCUT2D eigenvalue weighted by molar-refractivity contribution is 0.102. The van der Waals surface area contributed by atoms with E-state index in [-0.39, 0.29) is 5.91 Å². The first-order valence-electron chi connectivity index (χ1n) is 9.20. The molecule has 26 heavy (non-hydrogen) atoms. The van der Waals surface area contributed by atoms with E-state index in [1.54, 1.807) is 0 Å². The summed E-state index contributed by atoms with van der Waals surface area (Å²) in [5.41, 5.74) is 2.22. The molecule has 1 amide bonds. The highest BCUT2D eigenvalue weighted by Gasteiger charge is 2.22. The summed E-state index contributed by atoms with van der Waals surface area (Å²) in [5.74, 6) is 0.720. The zero-order valence-corrected chi connectivity index (χ0v) is 14.7. The molecular weight excluding hydrogens is 332 g/mol. The molecule has 2 aromatic rings. The summed E-state index contributed by atoms with van der Waals surface area (Å²) in [7, 11) is 0. The van der Waals surface area contributed by atoms with Gasteiger partial charge in [-0.1, -0.05) is 0 Å². The monoisotopic (exact) mass is 356 g/mol. The Bertz CT molecular complexity index is 731. The highest BCUT2D eigenvalue weighted by atomic mass is 16.5. The number of oxazole rings is 1. The number of nitrogens with zero attached hydrogens (tertiary/aromatic N) is 2. The van der Waals surface area contributed by atoms with E-state index in [1.165, 1.54) is 6.26 Å². The van der Waals surface area contributed by atoms with E-state index < -0.39 is 0 Å². The van der Waals surface area contributed by atoms with Gasteiger partial charge in [0.15, 0.2) is 11.6 Å². The average molecular weight is 356 g/mol. The van der Waals surface area contributed by atoms with Crippen molar-refractivity contribution in [2.24, 2.45) is 0 Å². The van der Waals surface area contributed by atoms with Crippen molar-refractivity contribution in [3.8, 4) is 0 Å². The Morgan fingerprint density at radius 3 is 2.62 bits per heavy atom. The van der Waals surface area contributed by atoms with Crippen molar-refractivity contribution in [1.29, 1.82) is 0 Å². The predicted molar refractivity (Wildman–Crippen MR) is 98.8 cm³/mol. The number of nitrogens with one attached hydrogen (secondary N) is 2. The predicted octanol–water partition coefficient (Wildman–Crippen LogP) is 2.23. The fourth-order valence-corrected chi connectivity index (χ4v) is 3.42. The Balaban J connectivity index is 1.37. The summed E-state index contributed by atoms with van der Waals surface area (Å²) in [6.07, 6.45) is 3.43. The number of morpholine rings is 1. The third kappa shape index (κ3) is 3.89. The molecule has 0 radical (unpaired) electrons. The number of amides is 1. The standard InChI is InChI=1S/C19H24N4O3/c24-18(17-13-26-19(22-17)14-5-7-20-8-6-14)21-15-1-3-16(4-2-15)23-9-11-25-12-10-23/h1-4,13-14,20H,5-12H2,(H,21,24). The van der Waals surface area contributed by atoms with Gasteiger partial charge < -0.3 is 24.7 Å². The maximum absolute atomic E-state index is 12.4. The van der Waals surface area contributed by atoms with Crippen LogP contribution in [0.25, 0.3) is 0 Å². The average Bonchev–Trinajstić information content (AvgIpc) is 3.20. The number of carbonyl (C=O) groups is 1. The van der Waals surface area contributed by atoms with Gasteiger partial charge in [-0.05, 0) is 50.2 Å². The molecule has 2 aliphatic rings. The minimum absolute atomic E-state index is 0.243. The van der Waals surface area contributed by atoms with Gasteiger partial charge in [-0.2, -0.15) is 0 Å². The first-order chi connectivity index (χ1) is 12.8. The second kappa shape index (κ2) is 7.88. The molecule has 0 saturated carbocycles. The normalized spacial score (nSPS) is 18.7. The maximum atomic E-state index is 12.4. The van der Waals surface area contributed by atoms with Crippen LogP contribution in [0.1, 0.15) is 35.1 Å². The van der Waals surface area contributed by atoms with E-state index in [0.717, 1.165) is 63.6 Å². The van der Waals surface area contributed by atoms with Crippen molar-refractivity contribution in [2.45, 2.75) is 18.8 Å². The molecule has 7 heteroatoms. The lowest BCUT2D eigenvalue weighted by Gasteiger charge is -2.28. The summed E-state index contributed by atoms with van der Waals surface area (Å²) in [6.45, 7) is 5.22. The summed E-state index contributed by atoms with van der Waals surface area (Å²) in [6, 6.07) is 7.86. The van der Waals surface area contributed by atoms with Gasteiger partial charge in [0, 0.05) is 30.4 Å². The van der Waals surface area contributed by atoms with Gasteiger partial charge in [0.05, 0.1) is 13.2 Å². The SMILES string of the molecule is O=C(Nc1ccc(N2CCOCC2)cc1)c1coc(C2CCNCC2)n1. The third-order valence-corrected chi connectivity index (χ3v) is 4.94. The number of hydrogen-bond acceptors (Lipinski definition) is 6. The number of carbonyl (C=O) groups excluding carboxylic acids is 1. The summed E-state index contributed by atoms with van der Waals surface area (Å²) in [4.78, 5) is 19.1. The Kier molecular flexibility index (Phi) is 5.17. The molecule has 7 nitrogen and oxygen atoms in total. The van der Waals surface area contributed by atoms with Crippen molar-refractivity contribution < 1.29 is 13.9 Å². The van der Waals surface area contributed by atoms with E-state index in [4.69, 9.17) is 9.15 Å². The Morgan fingerprint density at radius 2 is 1.88 bits per heavy atom. The highest BCUT2D eigenvalue weighted by Crippen LogP contribution is 2.25. The van der Waals surface area contributed by atoms with E-state index in [0.29, 0.717) is 17.5 Å². The fourth-order valence-electron chi connectivity index (χ4n) is 3.42. The molecule has 138 valence electrons. The van der Waals surface area contributed by atoms with Crippen LogP contribution in [0.5, 0.6) is 0 Å². The lowest BCUT2D eigenvalue weighted by Crippen LogP contribution is -2.36. The minimum atomic E-state index is -0.243. The van der Waals surface area contributed by atoms with Crippen molar-refractivity contribution >= 4 is 17.3 Å². The van der Waals surface area contributed by atoms with Crippen LogP contribution in [0.2, 0.25) is 0 Å². The number of anilines is 2. The summed E-state index contributed by atoms with van der Waals surface area (Å²) >= 11 is 0. The number of benzene rings is 1. The van der Waals surface area contributed by atoms with Crippen LogP contribution in [-0.2, 0) is 4.74 Å². The molecule has 1 aromatic heterocycles. The first-order valence-corrected chi connectivity index (χ1v) is 9.20. The fraction of sp³-hybridized carbons (Fsp3) is 0.474. The Hall–Kier alpha value is -2.38. The van der Waals surface area contributed by atoms with Gasteiger partial charge in [0.25, 0.3) is 5.91 Å². The molecule has 0 unspecified atom stereocenters. The van der Waals surface area contributed by atoms with Crippen LogP contribution in [0.3, 0.4) is 0 Å². The van der Waals surface area contributed by atoms with Crippen LogP contribution in [0.4, 0.5) is 11.4 Å². The quantitative estimate of drug-likeness (QED) is 0.875. The van der Waals surface area contributed by atoms with Gasteiger partial charge in [-0.25, -0.2) is 4.98 Å². The highest BCUT2D eigenvalue weighted by molar-refractivity contribution is 6.02. The van der Waals surface area contributed by atoms with E-state index in [1.807, 2.05) is 24.3 Å². The molecule has 1 aromatic carbocycles. The van der Waals surface area contributed by atoms with Gasteiger partial charge in [0.2, 0.25) is 0 Å². The van der Waals surface area contributed by atoms with Gasteiger partial charge in [0.1, 0.15) is 6.26 Å². The molecule has 4 rings (SSSR count).